The van der Waals surface area contributed by atoms with Crippen LogP contribution < -0.4 is 0 Å². The number of aromatic nitrogens is 2. The van der Waals surface area contributed by atoms with Gasteiger partial charge >= 0.3 is 0 Å². The first-order chi connectivity index (χ1) is 8.24. The van der Waals surface area contributed by atoms with Crippen molar-refractivity contribution < 1.29 is 0 Å². The maximum Gasteiger partial charge on any atom is 0.137 e. The number of nitrogens with one attached hydrogen (secondary N) is 1. The first-order valence-corrected chi connectivity index (χ1v) is 5.88. The van der Waals surface area contributed by atoms with Gasteiger partial charge in [0.2, 0.25) is 0 Å². The Kier molecular flexibility index (Phi) is 2.54. The average Bonchev–Trinajstić information content (AvgIpc) is 2.75. The van der Waals surface area contributed by atoms with Gasteiger partial charge in [-0.25, -0.2) is 4.98 Å². The Morgan fingerprint density at radius 2 is 1.76 bits per heavy atom. The quantitative estimate of drug-likeness (QED) is 0.686. The zero-order valence-corrected chi connectivity index (χ0v) is 10.3. The van der Waals surface area contributed by atoms with Gasteiger partial charge in [0.15, 0.2) is 0 Å². The van der Waals surface area contributed by atoms with Crippen molar-refractivity contribution in [1.82, 2.24) is 9.97 Å². The predicted molar refractivity (Wildman–Crippen MR) is 71.5 cm³/mol. The number of rotatable bonds is 1. The number of benzene rings is 1. The number of halogens is 2. The van der Waals surface area contributed by atoms with Crippen LogP contribution in [0, 0.1) is 0 Å². The molecule has 2 nitrogen and oxygen atoms in total. The molecule has 2 heterocycles. The van der Waals surface area contributed by atoms with Gasteiger partial charge in [-0.3, -0.25) is 0 Å². The fourth-order valence-electron chi connectivity index (χ4n) is 1.92. The molecule has 1 N–H and O–H groups in total. The number of fused-ring (bicyclic) bond motifs is 1. The lowest BCUT2D eigenvalue weighted by atomic mass is 10.0. The summed E-state index contributed by atoms with van der Waals surface area (Å²) in [5, 5.41) is 2.33. The fourth-order valence-corrected chi connectivity index (χ4v) is 2.45. The van der Waals surface area contributed by atoms with Crippen LogP contribution in [0.1, 0.15) is 0 Å². The van der Waals surface area contributed by atoms with Crippen LogP contribution >= 0.6 is 23.2 Å². The summed E-state index contributed by atoms with van der Waals surface area (Å²) in [5.74, 6) is 0. The van der Waals surface area contributed by atoms with Crippen molar-refractivity contribution in [3.8, 4) is 11.1 Å². The van der Waals surface area contributed by atoms with E-state index in [2.05, 4.69) is 9.97 Å². The van der Waals surface area contributed by atoms with E-state index in [0.717, 1.165) is 22.2 Å². The third-order valence-corrected chi connectivity index (χ3v) is 3.07. The predicted octanol–water partition coefficient (Wildman–Crippen LogP) is 4.54. The normalized spacial score (nSPS) is 10.9. The minimum absolute atomic E-state index is 0.632. The van der Waals surface area contributed by atoms with Gasteiger partial charge in [-0.2, -0.15) is 0 Å². The van der Waals surface area contributed by atoms with E-state index < -0.39 is 0 Å². The van der Waals surface area contributed by atoms with E-state index in [1.54, 1.807) is 12.3 Å². The van der Waals surface area contributed by atoms with Crippen LogP contribution in [0.5, 0.6) is 0 Å². The molecule has 0 atom stereocenters. The lowest BCUT2D eigenvalue weighted by Gasteiger charge is -2.04. The summed E-state index contributed by atoms with van der Waals surface area (Å²) in [6.45, 7) is 0. The van der Waals surface area contributed by atoms with Gasteiger partial charge in [0.1, 0.15) is 5.65 Å². The Balaban J connectivity index is 2.30. The second-order valence-corrected chi connectivity index (χ2v) is 4.63. The van der Waals surface area contributed by atoms with Crippen LogP contribution in [-0.4, -0.2) is 9.97 Å². The smallest absolute Gasteiger partial charge is 0.137 e. The highest BCUT2D eigenvalue weighted by molar-refractivity contribution is 6.35. The van der Waals surface area contributed by atoms with Crippen LogP contribution in [0.15, 0.2) is 42.7 Å². The van der Waals surface area contributed by atoms with Gasteiger partial charge in [0.25, 0.3) is 0 Å². The molecule has 17 heavy (non-hydrogen) atoms. The SMILES string of the molecule is Clc1cc(Cl)cc(-c2ccnc3[nH]ccc23)c1. The monoisotopic (exact) mass is 262 g/mol. The lowest BCUT2D eigenvalue weighted by Crippen LogP contribution is -1.82. The lowest BCUT2D eigenvalue weighted by molar-refractivity contribution is 1.33. The van der Waals surface area contributed by atoms with E-state index in [1.807, 2.05) is 30.5 Å². The standard InChI is InChI=1S/C13H8Cl2N2/c14-9-5-8(6-10(15)7-9)11-1-3-16-13-12(11)2-4-17-13/h1-7H,(H,16,17). The number of aromatic amines is 1. The number of H-pyrrole nitrogens is 1. The zero-order chi connectivity index (χ0) is 11.8. The van der Waals surface area contributed by atoms with E-state index in [-0.39, 0.29) is 0 Å². The van der Waals surface area contributed by atoms with Gasteiger partial charge in [0, 0.05) is 27.8 Å². The van der Waals surface area contributed by atoms with Crippen molar-refractivity contribution in [2.24, 2.45) is 0 Å². The van der Waals surface area contributed by atoms with E-state index in [1.165, 1.54) is 0 Å². The van der Waals surface area contributed by atoms with Crippen molar-refractivity contribution in [2.45, 2.75) is 0 Å². The molecule has 1 aromatic carbocycles. The average molecular weight is 263 g/mol. The molecule has 2 aromatic heterocycles. The molecule has 3 rings (SSSR count). The molecule has 0 fully saturated rings. The maximum atomic E-state index is 6.02. The summed E-state index contributed by atoms with van der Waals surface area (Å²) < 4.78 is 0. The van der Waals surface area contributed by atoms with Gasteiger partial charge < -0.3 is 4.98 Å². The molecule has 0 aliphatic heterocycles. The molecular formula is C13H8Cl2N2. The highest BCUT2D eigenvalue weighted by Gasteiger charge is 2.06. The molecule has 0 saturated carbocycles. The maximum absolute atomic E-state index is 6.02. The van der Waals surface area contributed by atoms with Crippen molar-refractivity contribution in [1.29, 1.82) is 0 Å². The number of pyridine rings is 1. The molecule has 0 spiro atoms. The molecular weight excluding hydrogens is 255 g/mol. The third kappa shape index (κ3) is 1.90. The minimum atomic E-state index is 0.632. The van der Waals surface area contributed by atoms with E-state index in [9.17, 15) is 0 Å². The Hall–Kier alpha value is -1.51. The first kappa shape index (κ1) is 10.6. The number of nitrogens with zero attached hydrogens (tertiary/aromatic N) is 1. The molecule has 3 aromatic rings. The molecule has 4 heteroatoms. The van der Waals surface area contributed by atoms with Crippen LogP contribution in [0.2, 0.25) is 10.0 Å². The van der Waals surface area contributed by atoms with Crippen molar-refractivity contribution >= 4 is 34.2 Å². The van der Waals surface area contributed by atoms with Crippen LogP contribution in [0.3, 0.4) is 0 Å². The van der Waals surface area contributed by atoms with Gasteiger partial charge in [-0.05, 0) is 41.5 Å². The van der Waals surface area contributed by atoms with E-state index in [0.29, 0.717) is 10.0 Å². The van der Waals surface area contributed by atoms with Gasteiger partial charge in [0.05, 0.1) is 0 Å². The number of hydrogen-bond acceptors (Lipinski definition) is 1. The van der Waals surface area contributed by atoms with Crippen LogP contribution in [0.4, 0.5) is 0 Å². The Bertz CT molecular complexity index is 668. The molecule has 0 bridgehead atoms. The summed E-state index contributed by atoms with van der Waals surface area (Å²) in [6, 6.07) is 9.47. The second kappa shape index (κ2) is 4.06. The Morgan fingerprint density at radius 1 is 1.00 bits per heavy atom. The molecule has 84 valence electrons. The molecule has 0 saturated heterocycles. The summed E-state index contributed by atoms with van der Waals surface area (Å²) >= 11 is 12.0. The molecule has 0 amide bonds. The molecule has 0 aliphatic rings. The van der Waals surface area contributed by atoms with Crippen LogP contribution in [0.25, 0.3) is 22.2 Å². The number of hydrogen-bond donors (Lipinski definition) is 1. The van der Waals surface area contributed by atoms with Crippen molar-refractivity contribution in [3.05, 3.63) is 52.8 Å². The topological polar surface area (TPSA) is 28.7 Å². The molecule has 0 radical (unpaired) electrons. The first-order valence-electron chi connectivity index (χ1n) is 5.12. The Labute approximate surface area is 108 Å². The highest BCUT2D eigenvalue weighted by atomic mass is 35.5. The largest absolute Gasteiger partial charge is 0.346 e. The van der Waals surface area contributed by atoms with Crippen molar-refractivity contribution in [2.75, 3.05) is 0 Å². The Morgan fingerprint density at radius 3 is 2.53 bits per heavy atom. The summed E-state index contributed by atoms with van der Waals surface area (Å²) in [5.41, 5.74) is 2.92. The molecule has 0 aliphatic carbocycles. The van der Waals surface area contributed by atoms with Crippen molar-refractivity contribution in [3.63, 3.8) is 0 Å². The van der Waals surface area contributed by atoms with Gasteiger partial charge in [-0.15, -0.1) is 0 Å². The third-order valence-electron chi connectivity index (χ3n) is 2.63. The minimum Gasteiger partial charge on any atom is -0.346 e. The summed E-state index contributed by atoms with van der Waals surface area (Å²) in [6.07, 6.45) is 3.64. The zero-order valence-electron chi connectivity index (χ0n) is 8.74. The summed E-state index contributed by atoms with van der Waals surface area (Å²) in [4.78, 5) is 7.33. The van der Waals surface area contributed by atoms with E-state index in [4.69, 9.17) is 23.2 Å². The fraction of sp³-hybridized carbons (Fsp3) is 0. The molecule has 0 unspecified atom stereocenters. The highest BCUT2D eigenvalue weighted by Crippen LogP contribution is 2.31. The summed E-state index contributed by atoms with van der Waals surface area (Å²) in [7, 11) is 0. The van der Waals surface area contributed by atoms with Crippen LogP contribution in [-0.2, 0) is 0 Å². The second-order valence-electron chi connectivity index (χ2n) is 3.76. The van der Waals surface area contributed by atoms with E-state index >= 15 is 0 Å². The van der Waals surface area contributed by atoms with Gasteiger partial charge in [-0.1, -0.05) is 23.2 Å².